The Kier molecular flexibility index (Phi) is 12.4. The first kappa shape index (κ1) is 35.8. The summed E-state index contributed by atoms with van der Waals surface area (Å²) in [5.74, 6) is 3.66. The highest BCUT2D eigenvalue weighted by Crippen LogP contribution is 2.61. The number of unbranched alkanes of at least 4 members (excludes halogenated alkanes) is 5. The van der Waals surface area contributed by atoms with E-state index in [4.69, 9.17) is 13.6 Å². The molecule has 3 fully saturated rings. The van der Waals surface area contributed by atoms with Gasteiger partial charge in [0, 0.05) is 0 Å². The van der Waals surface area contributed by atoms with E-state index < -0.39 is 8.60 Å². The molecule has 8 atom stereocenters. The minimum atomic E-state index is -1.36. The monoisotopic (exact) mass is 595 g/mol. The largest absolute Gasteiger partial charge is 0.333 e. The molecule has 1 aliphatic heterocycles. The van der Waals surface area contributed by atoms with E-state index in [1.54, 1.807) is 0 Å². The fourth-order valence-electron chi connectivity index (χ4n) is 8.31. The summed E-state index contributed by atoms with van der Waals surface area (Å²) in [5.41, 5.74) is 1.03. The van der Waals surface area contributed by atoms with Crippen LogP contribution in [0, 0.1) is 57.2 Å². The summed E-state index contributed by atoms with van der Waals surface area (Å²) in [6.07, 6.45) is 14.4. The first-order chi connectivity index (χ1) is 18.8. The normalized spacial score (nSPS) is 35.8. The molecule has 0 aromatic carbocycles. The topological polar surface area (TPSA) is 27.7 Å². The van der Waals surface area contributed by atoms with Gasteiger partial charge < -0.3 is 13.6 Å². The van der Waals surface area contributed by atoms with E-state index in [0.29, 0.717) is 34.5 Å². The van der Waals surface area contributed by atoms with Gasteiger partial charge >= 0.3 is 8.60 Å². The Hall–Kier alpha value is 0.310. The van der Waals surface area contributed by atoms with Crippen LogP contribution in [0.1, 0.15) is 161 Å². The highest BCUT2D eigenvalue weighted by atomic mass is 31.2. The third kappa shape index (κ3) is 9.90. The van der Waals surface area contributed by atoms with Crippen LogP contribution in [0.25, 0.3) is 0 Å². The zero-order valence-corrected chi connectivity index (χ0v) is 30.7. The zero-order valence-electron chi connectivity index (χ0n) is 29.8. The van der Waals surface area contributed by atoms with Crippen LogP contribution in [0.4, 0.5) is 0 Å². The maximum atomic E-state index is 7.17. The number of hydrogen-bond donors (Lipinski definition) is 0. The highest BCUT2D eigenvalue weighted by molar-refractivity contribution is 7.41. The van der Waals surface area contributed by atoms with Gasteiger partial charge in [-0.3, -0.25) is 0 Å². The molecule has 4 heteroatoms. The van der Waals surface area contributed by atoms with E-state index in [1.807, 2.05) is 0 Å². The molecule has 2 aliphatic carbocycles. The van der Waals surface area contributed by atoms with Gasteiger partial charge in [0.15, 0.2) is 0 Å². The maximum Gasteiger partial charge on any atom is 0.333 e. The average molecular weight is 595 g/mol. The molecule has 0 aromatic heterocycles. The third-order valence-electron chi connectivity index (χ3n) is 11.4. The molecule has 1 saturated heterocycles. The van der Waals surface area contributed by atoms with Crippen molar-refractivity contribution in [3.63, 3.8) is 0 Å². The van der Waals surface area contributed by atoms with Crippen molar-refractivity contribution in [2.24, 2.45) is 57.2 Å². The number of hydrogen-bond acceptors (Lipinski definition) is 3. The van der Waals surface area contributed by atoms with Crippen LogP contribution in [-0.4, -0.2) is 18.8 Å². The lowest BCUT2D eigenvalue weighted by Crippen LogP contribution is -2.52. The van der Waals surface area contributed by atoms with Gasteiger partial charge in [-0.1, -0.05) is 122 Å². The van der Waals surface area contributed by atoms with Crippen LogP contribution in [0.5, 0.6) is 0 Å². The predicted molar refractivity (Wildman–Crippen MR) is 178 cm³/mol. The summed E-state index contributed by atoms with van der Waals surface area (Å²) < 4.78 is 21.0. The van der Waals surface area contributed by atoms with Crippen LogP contribution in [-0.2, 0) is 13.6 Å². The molecular formula is C37H71O3P. The predicted octanol–water partition coefficient (Wildman–Crippen LogP) is 12.2. The average Bonchev–Trinajstić information content (AvgIpc) is 2.80. The summed E-state index contributed by atoms with van der Waals surface area (Å²) in [4.78, 5) is 0. The third-order valence-corrected chi connectivity index (χ3v) is 12.6. The van der Waals surface area contributed by atoms with Gasteiger partial charge in [-0.05, 0) is 95.7 Å². The molecular weight excluding hydrogens is 523 g/mol. The van der Waals surface area contributed by atoms with Crippen LogP contribution < -0.4 is 0 Å². The van der Waals surface area contributed by atoms with E-state index in [1.165, 1.54) is 64.2 Å². The van der Waals surface area contributed by atoms with Crippen molar-refractivity contribution in [3.05, 3.63) is 0 Å². The molecule has 0 aromatic rings. The smallest absolute Gasteiger partial charge is 0.312 e. The van der Waals surface area contributed by atoms with Crippen molar-refractivity contribution in [3.8, 4) is 0 Å². The summed E-state index contributed by atoms with van der Waals surface area (Å²) >= 11 is 0. The van der Waals surface area contributed by atoms with Gasteiger partial charge in [0.05, 0.1) is 18.8 Å². The molecule has 3 nitrogen and oxygen atoms in total. The summed E-state index contributed by atoms with van der Waals surface area (Å²) in [6, 6.07) is 0. The van der Waals surface area contributed by atoms with E-state index in [9.17, 15) is 0 Å². The molecule has 0 N–H and O–H groups in total. The van der Waals surface area contributed by atoms with Crippen molar-refractivity contribution in [2.75, 3.05) is 6.61 Å². The van der Waals surface area contributed by atoms with Crippen molar-refractivity contribution in [1.82, 2.24) is 0 Å². The Balaban J connectivity index is 1.94. The summed E-state index contributed by atoms with van der Waals surface area (Å²) in [7, 11) is -1.36. The second kappa shape index (κ2) is 14.2. The summed E-state index contributed by atoms with van der Waals surface area (Å²) in [6.45, 7) is 32.5. The van der Waals surface area contributed by atoms with E-state index in [-0.39, 0.29) is 23.0 Å². The van der Waals surface area contributed by atoms with Gasteiger partial charge in [-0.15, -0.1) is 0 Å². The Bertz CT molecular complexity index is 726. The van der Waals surface area contributed by atoms with Gasteiger partial charge in [0.1, 0.15) is 0 Å². The quantitative estimate of drug-likeness (QED) is 0.207. The SMILES string of the molecule is CCCCCCCCOP1OC2C(CC3CC(C(C)(C)C)CC(C(C)(C)C)C3O1)CC(C(C)(C)C)CC2C(C)(C)C. The molecule has 0 spiro atoms. The van der Waals surface area contributed by atoms with Crippen molar-refractivity contribution in [1.29, 1.82) is 0 Å². The van der Waals surface area contributed by atoms with Crippen molar-refractivity contribution in [2.45, 2.75) is 173 Å². The highest BCUT2D eigenvalue weighted by Gasteiger charge is 2.54. The van der Waals surface area contributed by atoms with E-state index in [0.717, 1.165) is 24.9 Å². The molecule has 0 amide bonds. The van der Waals surface area contributed by atoms with Gasteiger partial charge in [-0.25, -0.2) is 0 Å². The molecule has 3 aliphatic rings. The Morgan fingerprint density at radius 3 is 1.34 bits per heavy atom. The van der Waals surface area contributed by atoms with Gasteiger partial charge in [0.25, 0.3) is 0 Å². The summed E-state index contributed by atoms with van der Waals surface area (Å²) in [5, 5.41) is 0. The Labute approximate surface area is 258 Å². The Morgan fingerprint density at radius 1 is 0.537 bits per heavy atom. The first-order valence-corrected chi connectivity index (χ1v) is 18.7. The van der Waals surface area contributed by atoms with Crippen LogP contribution in [0.15, 0.2) is 0 Å². The van der Waals surface area contributed by atoms with E-state index in [2.05, 4.69) is 90.0 Å². The molecule has 0 radical (unpaired) electrons. The van der Waals surface area contributed by atoms with Crippen LogP contribution in [0.2, 0.25) is 0 Å². The van der Waals surface area contributed by atoms with Crippen LogP contribution >= 0.6 is 8.60 Å². The van der Waals surface area contributed by atoms with Crippen molar-refractivity contribution < 1.29 is 13.6 Å². The molecule has 0 bridgehead atoms. The standard InChI is InChI=1S/C37H71O3P/c1-14-15-16-17-18-19-20-38-41-39-32-26(22-28(34(2,3)4)24-30(32)36(8,9)10)21-27-23-29(35(5,6)7)25-31(33(27)40-41)37(11,12)13/h26-33H,14-25H2,1-13H3. The minimum absolute atomic E-state index is 0.195. The minimum Gasteiger partial charge on any atom is -0.312 e. The lowest BCUT2D eigenvalue weighted by atomic mass is 9.55. The maximum absolute atomic E-state index is 7.17. The second-order valence-electron chi connectivity index (χ2n) is 18.7. The molecule has 8 unspecified atom stereocenters. The molecule has 3 rings (SSSR count). The first-order valence-electron chi connectivity index (χ1n) is 17.6. The van der Waals surface area contributed by atoms with Gasteiger partial charge in [0.2, 0.25) is 0 Å². The molecule has 1 heterocycles. The van der Waals surface area contributed by atoms with Gasteiger partial charge in [-0.2, -0.15) is 0 Å². The van der Waals surface area contributed by atoms with Crippen LogP contribution in [0.3, 0.4) is 0 Å². The lowest BCUT2D eigenvalue weighted by molar-refractivity contribution is -0.123. The lowest BCUT2D eigenvalue weighted by Gasteiger charge is -2.56. The fourth-order valence-corrected chi connectivity index (χ4v) is 9.80. The van der Waals surface area contributed by atoms with Crippen molar-refractivity contribution >= 4 is 8.60 Å². The Morgan fingerprint density at radius 2 is 0.951 bits per heavy atom. The molecule has 242 valence electrons. The fraction of sp³-hybridized carbons (Fsp3) is 1.00. The van der Waals surface area contributed by atoms with E-state index >= 15 is 0 Å². The molecule has 2 saturated carbocycles. The second-order valence-corrected chi connectivity index (χ2v) is 19.9. The molecule has 41 heavy (non-hydrogen) atoms. The zero-order chi connectivity index (χ0) is 30.8. The number of fused-ring (bicyclic) bond motifs is 2. The number of rotatable bonds is 8.